The van der Waals surface area contributed by atoms with Gasteiger partial charge in [-0.2, -0.15) is 0 Å². The van der Waals surface area contributed by atoms with E-state index >= 15 is 0 Å². The molecule has 1 aromatic carbocycles. The summed E-state index contributed by atoms with van der Waals surface area (Å²) in [4.78, 5) is 13.4. The fraction of sp³-hybridized carbons (Fsp3) is 0.500. The molecule has 1 aromatic rings. The molecule has 16 heavy (non-hydrogen) atoms. The van der Waals surface area contributed by atoms with Crippen LogP contribution in [0.2, 0.25) is 0 Å². The second kappa shape index (κ2) is 4.69. The van der Waals surface area contributed by atoms with Crippen molar-refractivity contribution in [2.24, 2.45) is 0 Å². The van der Waals surface area contributed by atoms with Crippen LogP contribution in [0.3, 0.4) is 0 Å². The third-order valence-corrected chi connectivity index (χ3v) is 3.41. The van der Waals surface area contributed by atoms with E-state index in [0.29, 0.717) is 12.3 Å². The Morgan fingerprint density at radius 3 is 2.88 bits per heavy atom. The highest BCUT2D eigenvalue weighted by molar-refractivity contribution is 5.76. The number of amides is 1. The molecular formula is C14H19NO. The summed E-state index contributed by atoms with van der Waals surface area (Å²) < 4.78 is 0. The molecule has 86 valence electrons. The normalized spacial score (nSPS) is 19.0. The molecule has 0 fully saturated rings. The number of nitrogens with zero attached hydrogens (tertiary/aromatic N) is 1. The highest BCUT2D eigenvalue weighted by Crippen LogP contribution is 2.33. The molecular weight excluding hydrogens is 198 g/mol. The van der Waals surface area contributed by atoms with Gasteiger partial charge in [0.25, 0.3) is 0 Å². The first-order valence-corrected chi connectivity index (χ1v) is 5.96. The van der Waals surface area contributed by atoms with Crippen molar-refractivity contribution in [3.63, 3.8) is 0 Å². The van der Waals surface area contributed by atoms with E-state index in [2.05, 4.69) is 24.3 Å². The average Bonchev–Trinajstić information content (AvgIpc) is 2.29. The Morgan fingerprint density at radius 2 is 2.12 bits per heavy atom. The summed E-state index contributed by atoms with van der Waals surface area (Å²) in [6.07, 6.45) is 4.19. The van der Waals surface area contributed by atoms with Gasteiger partial charge >= 0.3 is 0 Å². The van der Waals surface area contributed by atoms with Gasteiger partial charge in [-0.05, 0) is 36.3 Å². The van der Waals surface area contributed by atoms with Crippen LogP contribution in [-0.4, -0.2) is 24.9 Å². The molecule has 0 spiro atoms. The molecule has 0 saturated carbocycles. The minimum atomic E-state index is 0.238. The Hall–Kier alpha value is -1.31. The Kier molecular flexibility index (Phi) is 3.28. The quantitative estimate of drug-likeness (QED) is 0.745. The van der Waals surface area contributed by atoms with Gasteiger partial charge in [-0.25, -0.2) is 0 Å². The molecule has 0 N–H and O–H groups in total. The van der Waals surface area contributed by atoms with Crippen LogP contribution in [0.1, 0.15) is 36.3 Å². The third-order valence-electron chi connectivity index (χ3n) is 3.41. The van der Waals surface area contributed by atoms with Crippen molar-refractivity contribution in [1.29, 1.82) is 0 Å². The summed E-state index contributed by atoms with van der Waals surface area (Å²) in [6.45, 7) is 0. The molecule has 1 unspecified atom stereocenters. The van der Waals surface area contributed by atoms with Gasteiger partial charge in [0.15, 0.2) is 0 Å². The molecule has 0 aliphatic heterocycles. The van der Waals surface area contributed by atoms with Gasteiger partial charge in [0.05, 0.1) is 0 Å². The monoisotopic (exact) mass is 217 g/mol. The Balaban J connectivity index is 2.16. The van der Waals surface area contributed by atoms with Gasteiger partial charge in [0.1, 0.15) is 0 Å². The van der Waals surface area contributed by atoms with Crippen LogP contribution in [0.5, 0.6) is 0 Å². The third kappa shape index (κ3) is 2.26. The molecule has 2 heteroatoms. The summed E-state index contributed by atoms with van der Waals surface area (Å²) in [6, 6.07) is 8.55. The lowest BCUT2D eigenvalue weighted by Crippen LogP contribution is -2.25. The van der Waals surface area contributed by atoms with Crippen LogP contribution in [0.25, 0.3) is 0 Å². The molecule has 1 aliphatic rings. The number of hydrogen-bond donors (Lipinski definition) is 0. The van der Waals surface area contributed by atoms with Gasteiger partial charge < -0.3 is 4.90 Å². The topological polar surface area (TPSA) is 20.3 Å². The zero-order valence-electron chi connectivity index (χ0n) is 10.1. The second-order valence-electron chi connectivity index (χ2n) is 4.78. The smallest absolute Gasteiger partial charge is 0.222 e. The van der Waals surface area contributed by atoms with Crippen LogP contribution >= 0.6 is 0 Å². The fourth-order valence-electron chi connectivity index (χ4n) is 2.46. The summed E-state index contributed by atoms with van der Waals surface area (Å²) in [5.41, 5.74) is 2.83. The minimum absolute atomic E-state index is 0.238. The van der Waals surface area contributed by atoms with Gasteiger partial charge in [0, 0.05) is 20.5 Å². The summed E-state index contributed by atoms with van der Waals surface area (Å²) >= 11 is 0. The van der Waals surface area contributed by atoms with Crippen molar-refractivity contribution in [3.05, 3.63) is 35.4 Å². The molecule has 1 atom stereocenters. The van der Waals surface area contributed by atoms with Crippen molar-refractivity contribution in [2.45, 2.75) is 31.6 Å². The Labute approximate surface area is 97.3 Å². The molecule has 2 nitrogen and oxygen atoms in total. The Morgan fingerprint density at radius 1 is 1.38 bits per heavy atom. The summed E-state index contributed by atoms with van der Waals surface area (Å²) in [7, 11) is 3.66. The lowest BCUT2D eigenvalue weighted by Gasteiger charge is -2.26. The average molecular weight is 217 g/mol. The standard InChI is InChI=1S/C14H19NO/c1-15(2)14(16)10-12-8-5-7-11-6-3-4-9-13(11)12/h3-4,6,9,12H,5,7-8,10H2,1-2H3. The number of hydrogen-bond acceptors (Lipinski definition) is 1. The zero-order valence-corrected chi connectivity index (χ0v) is 10.1. The van der Waals surface area contributed by atoms with Crippen LogP contribution in [-0.2, 0) is 11.2 Å². The lowest BCUT2D eigenvalue weighted by atomic mass is 9.81. The maximum atomic E-state index is 11.7. The SMILES string of the molecule is CN(C)C(=O)CC1CCCc2ccccc21. The van der Waals surface area contributed by atoms with Crippen LogP contribution in [0.4, 0.5) is 0 Å². The first-order chi connectivity index (χ1) is 7.68. The zero-order chi connectivity index (χ0) is 11.5. The number of aryl methyl sites for hydroxylation is 1. The van der Waals surface area contributed by atoms with Gasteiger partial charge in [-0.15, -0.1) is 0 Å². The molecule has 0 heterocycles. The molecule has 0 radical (unpaired) electrons. The highest BCUT2D eigenvalue weighted by atomic mass is 16.2. The van der Waals surface area contributed by atoms with Crippen molar-refractivity contribution in [2.75, 3.05) is 14.1 Å². The maximum Gasteiger partial charge on any atom is 0.222 e. The summed E-state index contributed by atoms with van der Waals surface area (Å²) in [5.74, 6) is 0.668. The van der Waals surface area contributed by atoms with E-state index in [1.165, 1.54) is 24.0 Å². The van der Waals surface area contributed by atoms with Crippen molar-refractivity contribution >= 4 is 5.91 Å². The van der Waals surface area contributed by atoms with Crippen LogP contribution < -0.4 is 0 Å². The van der Waals surface area contributed by atoms with Crippen LogP contribution in [0.15, 0.2) is 24.3 Å². The van der Waals surface area contributed by atoms with Gasteiger partial charge in [-0.1, -0.05) is 24.3 Å². The van der Waals surface area contributed by atoms with E-state index in [1.807, 2.05) is 14.1 Å². The van der Waals surface area contributed by atoms with Crippen molar-refractivity contribution in [3.8, 4) is 0 Å². The van der Waals surface area contributed by atoms with E-state index in [1.54, 1.807) is 4.90 Å². The number of benzene rings is 1. The van der Waals surface area contributed by atoms with E-state index in [4.69, 9.17) is 0 Å². The predicted octanol–water partition coefficient (Wildman–Crippen LogP) is 2.58. The lowest BCUT2D eigenvalue weighted by molar-refractivity contribution is -0.129. The molecule has 1 aliphatic carbocycles. The largest absolute Gasteiger partial charge is 0.349 e. The molecule has 1 amide bonds. The van der Waals surface area contributed by atoms with E-state index in [0.717, 1.165) is 6.42 Å². The van der Waals surface area contributed by atoms with Gasteiger partial charge in [-0.3, -0.25) is 4.79 Å². The summed E-state index contributed by atoms with van der Waals surface area (Å²) in [5, 5.41) is 0. The first kappa shape index (κ1) is 11.2. The molecule has 0 bridgehead atoms. The molecule has 0 saturated heterocycles. The maximum absolute atomic E-state index is 11.7. The number of carbonyl (C=O) groups excluding carboxylic acids is 1. The van der Waals surface area contributed by atoms with Crippen molar-refractivity contribution in [1.82, 2.24) is 4.90 Å². The second-order valence-corrected chi connectivity index (χ2v) is 4.78. The Bertz CT molecular complexity index is 384. The van der Waals surface area contributed by atoms with E-state index in [9.17, 15) is 4.79 Å². The number of rotatable bonds is 2. The molecule has 0 aromatic heterocycles. The number of carbonyl (C=O) groups is 1. The van der Waals surface area contributed by atoms with E-state index in [-0.39, 0.29) is 5.91 Å². The highest BCUT2D eigenvalue weighted by Gasteiger charge is 2.22. The van der Waals surface area contributed by atoms with Gasteiger partial charge in [0.2, 0.25) is 5.91 Å². The van der Waals surface area contributed by atoms with Crippen LogP contribution in [0, 0.1) is 0 Å². The minimum Gasteiger partial charge on any atom is -0.349 e. The van der Waals surface area contributed by atoms with Crippen molar-refractivity contribution < 1.29 is 4.79 Å². The number of fused-ring (bicyclic) bond motifs is 1. The first-order valence-electron chi connectivity index (χ1n) is 5.96. The fourth-order valence-corrected chi connectivity index (χ4v) is 2.46. The van der Waals surface area contributed by atoms with E-state index < -0.39 is 0 Å². The predicted molar refractivity (Wildman–Crippen MR) is 65.4 cm³/mol. The molecule has 2 rings (SSSR count).